The minimum Gasteiger partial charge on any atom is -0.481 e. The van der Waals surface area contributed by atoms with Crippen LogP contribution in [0, 0.1) is 35.5 Å². The molecule has 2 aliphatic heterocycles. The van der Waals surface area contributed by atoms with Gasteiger partial charge in [-0.15, -0.1) is 0 Å². The molecule has 3 aliphatic rings. The summed E-state index contributed by atoms with van der Waals surface area (Å²) in [5.74, 6) is -4.31. The third kappa shape index (κ3) is 14.3. The molecule has 2 bridgehead atoms. The van der Waals surface area contributed by atoms with Gasteiger partial charge < -0.3 is 45.0 Å². The third-order valence-electron chi connectivity index (χ3n) is 15.2. The van der Waals surface area contributed by atoms with E-state index in [1.807, 2.05) is 71.9 Å². The molecule has 2 saturated heterocycles. The molecule has 1 saturated carbocycles. The van der Waals surface area contributed by atoms with E-state index in [9.17, 15) is 38.7 Å². The number of rotatable bonds is 28. The highest BCUT2D eigenvalue weighted by atomic mass is 16.5. The number of carbonyl (C=O) groups excluding carboxylic acids is 6. The van der Waals surface area contributed by atoms with Crippen molar-refractivity contribution in [2.45, 2.75) is 180 Å². The maximum Gasteiger partial charge on any atom is 0.306 e. The normalized spacial score (nSPS) is 22.9. The van der Waals surface area contributed by atoms with Crippen LogP contribution in [-0.2, 0) is 43.0 Å². The number of aliphatic hydroxyl groups excluding tert-OH is 1. The maximum atomic E-state index is 14.7. The van der Waals surface area contributed by atoms with Gasteiger partial charge in [-0.25, -0.2) is 0 Å². The summed E-state index contributed by atoms with van der Waals surface area (Å²) in [6, 6.07) is 6.78. The summed E-state index contributed by atoms with van der Waals surface area (Å²) >= 11 is 0. The zero-order valence-electron chi connectivity index (χ0n) is 42.5. The maximum absolute atomic E-state index is 14.7. The van der Waals surface area contributed by atoms with Gasteiger partial charge in [0.1, 0.15) is 17.9 Å². The van der Waals surface area contributed by atoms with Crippen LogP contribution in [0.2, 0.25) is 0 Å². The molecular formula is C52H83N5O11. The number of ketones is 1. The second-order valence-corrected chi connectivity index (χ2v) is 20.4. The van der Waals surface area contributed by atoms with E-state index in [4.69, 9.17) is 14.6 Å². The van der Waals surface area contributed by atoms with Crippen molar-refractivity contribution >= 4 is 41.3 Å². The Bertz CT molecular complexity index is 1850. The highest BCUT2D eigenvalue weighted by Crippen LogP contribution is 2.43. The molecule has 4 rings (SSSR count). The Morgan fingerprint density at radius 3 is 2.16 bits per heavy atom. The van der Waals surface area contributed by atoms with Crippen LogP contribution in [0.5, 0.6) is 0 Å². The quantitative estimate of drug-likeness (QED) is 0.0766. The lowest BCUT2D eigenvalue weighted by molar-refractivity contribution is -0.149. The summed E-state index contributed by atoms with van der Waals surface area (Å²) in [6.07, 6.45) is 4.62. The van der Waals surface area contributed by atoms with Gasteiger partial charge in [-0.1, -0.05) is 91.6 Å². The first-order valence-corrected chi connectivity index (χ1v) is 25.3. The first-order chi connectivity index (χ1) is 32.3. The van der Waals surface area contributed by atoms with Crippen molar-refractivity contribution in [3.8, 4) is 0 Å². The number of hydrogen-bond donors (Lipinski definition) is 4. The fourth-order valence-electron chi connectivity index (χ4n) is 11.0. The van der Waals surface area contributed by atoms with Crippen molar-refractivity contribution in [3.63, 3.8) is 0 Å². The first kappa shape index (κ1) is 56.2. The van der Waals surface area contributed by atoms with Crippen molar-refractivity contribution in [1.29, 1.82) is 0 Å². The average Bonchev–Trinajstić information content (AvgIpc) is 4.09. The number of carbonyl (C=O) groups is 7. The predicted molar refractivity (Wildman–Crippen MR) is 258 cm³/mol. The summed E-state index contributed by atoms with van der Waals surface area (Å²) < 4.78 is 12.1. The number of carboxylic acid groups (broad SMARTS) is 1. The van der Waals surface area contributed by atoms with Crippen LogP contribution in [0.3, 0.4) is 0 Å². The number of ether oxygens (including phenoxy) is 2. The molecule has 16 heteroatoms. The van der Waals surface area contributed by atoms with Crippen LogP contribution in [0.25, 0.3) is 0 Å². The molecule has 3 fully saturated rings. The number of fused-ring (bicyclic) bond motifs is 2. The van der Waals surface area contributed by atoms with Crippen molar-refractivity contribution in [1.82, 2.24) is 25.3 Å². The average molecular weight is 954 g/mol. The lowest BCUT2D eigenvalue weighted by Crippen LogP contribution is -2.60. The van der Waals surface area contributed by atoms with E-state index in [-0.39, 0.29) is 96.8 Å². The van der Waals surface area contributed by atoms with Gasteiger partial charge in [0.15, 0.2) is 0 Å². The Morgan fingerprint density at radius 1 is 0.853 bits per heavy atom. The van der Waals surface area contributed by atoms with E-state index in [0.717, 1.165) is 31.2 Å². The van der Waals surface area contributed by atoms with E-state index in [2.05, 4.69) is 10.6 Å². The molecule has 382 valence electrons. The molecule has 0 spiro atoms. The number of likely N-dealkylation sites (tertiary alicyclic amines) is 2. The number of hydrogen-bond acceptors (Lipinski definition) is 10. The molecular weight excluding hydrogens is 871 g/mol. The van der Waals surface area contributed by atoms with Crippen LogP contribution in [0.4, 0.5) is 0 Å². The van der Waals surface area contributed by atoms with Gasteiger partial charge in [-0.2, -0.15) is 0 Å². The molecule has 4 N–H and O–H groups in total. The Balaban J connectivity index is 1.39. The molecule has 1 aromatic carbocycles. The van der Waals surface area contributed by atoms with Crippen molar-refractivity contribution < 1.29 is 53.2 Å². The van der Waals surface area contributed by atoms with Gasteiger partial charge in [-0.3, -0.25) is 33.6 Å². The number of likely N-dealkylation sites (N-methyl/N-ethyl adjacent to an activating group) is 1. The number of amides is 5. The molecule has 68 heavy (non-hydrogen) atoms. The zero-order valence-corrected chi connectivity index (χ0v) is 42.5. The molecule has 13 atom stereocenters. The van der Waals surface area contributed by atoms with E-state index in [1.165, 1.54) is 6.92 Å². The van der Waals surface area contributed by atoms with Crippen LogP contribution >= 0.6 is 0 Å². The van der Waals surface area contributed by atoms with Gasteiger partial charge in [0.05, 0.1) is 42.7 Å². The Hall–Kier alpha value is -4.41. The number of nitrogens with zero attached hydrogens (tertiary/aromatic N) is 3. The monoisotopic (exact) mass is 954 g/mol. The van der Waals surface area contributed by atoms with Gasteiger partial charge in [0.25, 0.3) is 0 Å². The molecule has 0 radical (unpaired) electrons. The van der Waals surface area contributed by atoms with Crippen molar-refractivity contribution in [2.75, 3.05) is 34.4 Å². The van der Waals surface area contributed by atoms with Crippen LogP contribution in [-0.4, -0.2) is 143 Å². The highest BCUT2D eigenvalue weighted by Gasteiger charge is 2.52. The lowest BCUT2D eigenvalue weighted by atomic mass is 9.85. The molecule has 1 unspecified atom stereocenters. The van der Waals surface area contributed by atoms with E-state index >= 15 is 0 Å². The molecule has 5 amide bonds. The van der Waals surface area contributed by atoms with E-state index in [0.29, 0.717) is 45.2 Å². The van der Waals surface area contributed by atoms with Gasteiger partial charge >= 0.3 is 5.97 Å². The standard InChI is InChI=1S/C52H83N5O11/c1-11-32(4)46(41(67-9)30-44(61)56-26-18-21-39(56)49(68-10)35(7)40(58)27-33(5)48(62)36-19-14-12-15-20-36)55(8)51(64)45(31(2)3)54-50(63)47-37-23-24-38(29-37)57(47)43(60)22-16-13-17-25-53-42(59)28-34(6)52(65)66/h12,14-15,19-20,31-35,37-39,41,45-49,62H,11,13,16-18,21-30H2,1-10H3,(H,53,59)(H,54,63)(H,65,66)/t32-,33-,34?,35-,37-,38-,39-,41+,45-,46-,47-,48+,49+/m0/s1. The first-order valence-electron chi connectivity index (χ1n) is 25.3. The number of aliphatic hydroxyl groups is 1. The number of methoxy groups -OCH3 is 2. The van der Waals surface area contributed by atoms with Gasteiger partial charge in [-0.05, 0) is 74.2 Å². The fourth-order valence-corrected chi connectivity index (χ4v) is 11.0. The lowest BCUT2D eigenvalue weighted by Gasteiger charge is -2.41. The molecule has 1 aliphatic carbocycles. The Kier molecular flexibility index (Phi) is 21.9. The smallest absolute Gasteiger partial charge is 0.306 e. The molecule has 1 aromatic rings. The molecule has 0 aromatic heterocycles. The number of carboxylic acids is 1. The predicted octanol–water partition coefficient (Wildman–Crippen LogP) is 5.54. The summed E-state index contributed by atoms with van der Waals surface area (Å²) in [4.78, 5) is 99.1. The highest BCUT2D eigenvalue weighted by molar-refractivity contribution is 5.93. The summed E-state index contributed by atoms with van der Waals surface area (Å²) in [5.41, 5.74) is 0.752. The van der Waals surface area contributed by atoms with Crippen LogP contribution < -0.4 is 10.6 Å². The SMILES string of the molecule is CC[C@H](C)[C@@H]([C@@H](CC(=O)N1CCC[C@H]1[C@H](OC)[C@@H](C)C(=O)C[C@H](C)[C@@H](O)c1ccccc1)OC)N(C)C(=O)[C@@H](NC(=O)[C@@H]1[C@H]2CC[C@@H](C2)N1C(=O)CCCCCNC(=O)CC(C)C(=O)O)C(C)C. The number of Topliss-reactive ketones (excluding diaryl/α,β-unsaturated/α-hetero) is 1. The summed E-state index contributed by atoms with van der Waals surface area (Å²) in [6.45, 7) is 13.9. The molecule has 16 nitrogen and oxygen atoms in total. The molecule has 2 heterocycles. The van der Waals surface area contributed by atoms with Crippen LogP contribution in [0.1, 0.15) is 144 Å². The van der Waals surface area contributed by atoms with E-state index in [1.54, 1.807) is 36.0 Å². The number of benzene rings is 1. The second-order valence-electron chi connectivity index (χ2n) is 20.4. The summed E-state index contributed by atoms with van der Waals surface area (Å²) in [5, 5.41) is 25.8. The largest absolute Gasteiger partial charge is 0.481 e. The Labute approximate surface area is 405 Å². The summed E-state index contributed by atoms with van der Waals surface area (Å²) in [7, 11) is 4.81. The number of nitrogens with one attached hydrogen (secondary N) is 2. The van der Waals surface area contributed by atoms with Gasteiger partial charge in [0.2, 0.25) is 29.5 Å². The van der Waals surface area contributed by atoms with Crippen molar-refractivity contribution in [2.24, 2.45) is 35.5 Å². The topological polar surface area (TPSA) is 212 Å². The number of aliphatic carboxylic acids is 1. The minimum atomic E-state index is -1.02. The second kappa shape index (κ2) is 26.5. The van der Waals surface area contributed by atoms with E-state index < -0.39 is 54.2 Å². The van der Waals surface area contributed by atoms with Crippen LogP contribution in [0.15, 0.2) is 30.3 Å². The third-order valence-corrected chi connectivity index (χ3v) is 15.2. The zero-order chi connectivity index (χ0) is 50.4. The fraction of sp³-hybridized carbons (Fsp3) is 0.750. The number of piperidine rings is 1. The van der Waals surface area contributed by atoms with Crippen molar-refractivity contribution in [3.05, 3.63) is 35.9 Å². The Morgan fingerprint density at radius 2 is 1.54 bits per heavy atom. The minimum absolute atomic E-state index is 0.00549. The van der Waals surface area contributed by atoms with Gasteiger partial charge in [0, 0.05) is 65.6 Å². The number of unbranched alkanes of at least 4 members (excludes halogenated alkanes) is 2.